The van der Waals surface area contributed by atoms with Gasteiger partial charge in [0.2, 0.25) is 5.95 Å². The predicted octanol–water partition coefficient (Wildman–Crippen LogP) is 4.55. The van der Waals surface area contributed by atoms with Crippen LogP contribution >= 0.6 is 11.6 Å². The van der Waals surface area contributed by atoms with Crippen LogP contribution in [0, 0.1) is 0 Å². The smallest absolute Gasteiger partial charge is 0.221 e. The fourth-order valence-corrected chi connectivity index (χ4v) is 2.32. The van der Waals surface area contributed by atoms with E-state index in [9.17, 15) is 0 Å². The van der Waals surface area contributed by atoms with Crippen molar-refractivity contribution in [3.8, 4) is 11.3 Å². The number of anilines is 1. The highest BCUT2D eigenvalue weighted by Crippen LogP contribution is 2.19. The van der Waals surface area contributed by atoms with E-state index in [0.717, 1.165) is 22.5 Å². The van der Waals surface area contributed by atoms with Crippen LogP contribution in [0.5, 0.6) is 0 Å². The molecule has 4 heteroatoms. The fraction of sp³-hybridized carbons (Fsp3) is 0. The van der Waals surface area contributed by atoms with Gasteiger partial charge in [-0.2, -0.15) is 0 Å². The molecule has 0 unspecified atom stereocenters. The molecule has 3 rings (SSSR count). The van der Waals surface area contributed by atoms with Crippen LogP contribution in [0.4, 0.5) is 5.95 Å². The van der Waals surface area contributed by atoms with Gasteiger partial charge in [-0.05, 0) is 29.8 Å². The Bertz CT molecular complexity index is 814. The molecule has 2 aromatic carbocycles. The van der Waals surface area contributed by atoms with Crippen molar-refractivity contribution in [1.29, 1.82) is 0 Å². The van der Waals surface area contributed by atoms with E-state index in [1.807, 2.05) is 72.8 Å². The van der Waals surface area contributed by atoms with Crippen LogP contribution in [0.15, 0.2) is 60.7 Å². The predicted molar refractivity (Wildman–Crippen MR) is 92.3 cm³/mol. The zero-order chi connectivity index (χ0) is 15.4. The number of nitrogens with zero attached hydrogens (tertiary/aromatic N) is 2. The summed E-state index contributed by atoms with van der Waals surface area (Å²) in [6.45, 7) is 0. The Balaban J connectivity index is 1.93. The standard InChI is InChI=1S/C18H14ClN3/c19-15-8-4-5-13(11-15)9-10-16-12-17(22-18(20)21-16)14-6-2-1-3-7-14/h1-12H,(H2,20,21,22)/b10-9+. The molecule has 0 amide bonds. The zero-order valence-electron chi connectivity index (χ0n) is 11.8. The summed E-state index contributed by atoms with van der Waals surface area (Å²) in [7, 11) is 0. The molecule has 3 nitrogen and oxygen atoms in total. The lowest BCUT2D eigenvalue weighted by atomic mass is 10.1. The lowest BCUT2D eigenvalue weighted by Gasteiger charge is -2.03. The molecule has 0 atom stereocenters. The minimum atomic E-state index is 0.257. The molecule has 0 bridgehead atoms. The number of aromatic nitrogens is 2. The van der Waals surface area contributed by atoms with Crippen molar-refractivity contribution >= 4 is 29.7 Å². The fourth-order valence-electron chi connectivity index (χ4n) is 2.12. The van der Waals surface area contributed by atoms with Crippen molar-refractivity contribution < 1.29 is 0 Å². The van der Waals surface area contributed by atoms with Crippen LogP contribution in [0.3, 0.4) is 0 Å². The summed E-state index contributed by atoms with van der Waals surface area (Å²) >= 11 is 5.98. The number of benzene rings is 2. The van der Waals surface area contributed by atoms with Gasteiger partial charge in [0, 0.05) is 10.6 Å². The number of halogens is 1. The van der Waals surface area contributed by atoms with Crippen LogP contribution in [0.25, 0.3) is 23.4 Å². The molecule has 1 aromatic heterocycles. The van der Waals surface area contributed by atoms with E-state index in [1.54, 1.807) is 0 Å². The highest BCUT2D eigenvalue weighted by atomic mass is 35.5. The first kappa shape index (κ1) is 14.3. The molecule has 0 spiro atoms. The van der Waals surface area contributed by atoms with Crippen LogP contribution in [-0.2, 0) is 0 Å². The second-order valence-corrected chi connectivity index (χ2v) is 5.23. The summed E-state index contributed by atoms with van der Waals surface area (Å²) in [6, 6.07) is 19.4. The number of rotatable bonds is 3. The summed E-state index contributed by atoms with van der Waals surface area (Å²) in [5.41, 5.74) is 9.39. The Kier molecular flexibility index (Phi) is 4.17. The third-order valence-electron chi connectivity index (χ3n) is 3.13. The second-order valence-electron chi connectivity index (χ2n) is 4.79. The Hall–Kier alpha value is -2.65. The van der Waals surface area contributed by atoms with Gasteiger partial charge in [-0.25, -0.2) is 9.97 Å². The maximum absolute atomic E-state index is 5.98. The van der Waals surface area contributed by atoms with E-state index in [1.165, 1.54) is 0 Å². The Morgan fingerprint density at radius 2 is 1.68 bits per heavy atom. The monoisotopic (exact) mass is 307 g/mol. The average molecular weight is 308 g/mol. The van der Waals surface area contributed by atoms with Crippen molar-refractivity contribution in [2.45, 2.75) is 0 Å². The van der Waals surface area contributed by atoms with Crippen LogP contribution < -0.4 is 5.73 Å². The van der Waals surface area contributed by atoms with Gasteiger partial charge in [-0.3, -0.25) is 0 Å². The summed E-state index contributed by atoms with van der Waals surface area (Å²) in [4.78, 5) is 8.53. The second kappa shape index (κ2) is 6.41. The van der Waals surface area contributed by atoms with E-state index >= 15 is 0 Å². The van der Waals surface area contributed by atoms with Gasteiger partial charge >= 0.3 is 0 Å². The molecule has 0 aliphatic heterocycles. The molecule has 108 valence electrons. The highest BCUT2D eigenvalue weighted by molar-refractivity contribution is 6.30. The normalized spacial score (nSPS) is 11.0. The highest BCUT2D eigenvalue weighted by Gasteiger charge is 2.02. The Morgan fingerprint density at radius 1 is 0.864 bits per heavy atom. The topological polar surface area (TPSA) is 51.8 Å². The van der Waals surface area contributed by atoms with E-state index in [2.05, 4.69) is 9.97 Å². The van der Waals surface area contributed by atoms with Crippen molar-refractivity contribution in [2.75, 3.05) is 5.73 Å². The third kappa shape index (κ3) is 3.51. The summed E-state index contributed by atoms with van der Waals surface area (Å²) in [6.07, 6.45) is 3.85. The van der Waals surface area contributed by atoms with Crippen LogP contribution in [0.1, 0.15) is 11.3 Å². The number of hydrogen-bond donors (Lipinski definition) is 1. The molecule has 2 N–H and O–H groups in total. The van der Waals surface area contributed by atoms with Gasteiger partial charge in [0.05, 0.1) is 11.4 Å². The van der Waals surface area contributed by atoms with Crippen molar-refractivity contribution in [1.82, 2.24) is 9.97 Å². The van der Waals surface area contributed by atoms with Crippen molar-refractivity contribution in [3.05, 3.63) is 76.9 Å². The molecule has 3 aromatic rings. The molecule has 0 aliphatic rings. The SMILES string of the molecule is Nc1nc(/C=C/c2cccc(Cl)c2)cc(-c2ccccc2)n1. The molecular weight excluding hydrogens is 294 g/mol. The maximum atomic E-state index is 5.98. The first-order valence-corrected chi connectivity index (χ1v) is 7.22. The van der Waals surface area contributed by atoms with Gasteiger partial charge in [-0.1, -0.05) is 60.1 Å². The number of nitrogens with two attached hydrogens (primary N) is 1. The quantitative estimate of drug-likeness (QED) is 0.772. The summed E-state index contributed by atoms with van der Waals surface area (Å²) < 4.78 is 0. The minimum Gasteiger partial charge on any atom is -0.368 e. The molecule has 0 aliphatic carbocycles. The molecule has 0 saturated carbocycles. The van der Waals surface area contributed by atoms with E-state index < -0.39 is 0 Å². The van der Waals surface area contributed by atoms with Crippen molar-refractivity contribution in [3.63, 3.8) is 0 Å². The maximum Gasteiger partial charge on any atom is 0.221 e. The molecular formula is C18H14ClN3. The van der Waals surface area contributed by atoms with E-state index in [0.29, 0.717) is 5.02 Å². The van der Waals surface area contributed by atoms with Gasteiger partial charge in [0.1, 0.15) is 0 Å². The summed E-state index contributed by atoms with van der Waals surface area (Å²) in [5.74, 6) is 0.257. The molecule has 0 saturated heterocycles. The van der Waals surface area contributed by atoms with Crippen LogP contribution in [0.2, 0.25) is 5.02 Å². The van der Waals surface area contributed by atoms with Gasteiger partial charge < -0.3 is 5.73 Å². The van der Waals surface area contributed by atoms with Gasteiger partial charge in [0.15, 0.2) is 0 Å². The lowest BCUT2D eigenvalue weighted by Crippen LogP contribution is -1.98. The summed E-state index contributed by atoms with van der Waals surface area (Å²) in [5, 5.41) is 0.703. The Labute approximate surface area is 134 Å². The molecule has 0 radical (unpaired) electrons. The lowest BCUT2D eigenvalue weighted by molar-refractivity contribution is 1.17. The molecule has 0 fully saturated rings. The molecule has 1 heterocycles. The van der Waals surface area contributed by atoms with Gasteiger partial charge in [0.25, 0.3) is 0 Å². The zero-order valence-corrected chi connectivity index (χ0v) is 12.5. The first-order chi connectivity index (χ1) is 10.7. The van der Waals surface area contributed by atoms with Gasteiger partial charge in [-0.15, -0.1) is 0 Å². The largest absolute Gasteiger partial charge is 0.368 e. The Morgan fingerprint density at radius 3 is 2.45 bits per heavy atom. The number of nitrogen functional groups attached to an aromatic ring is 1. The van der Waals surface area contributed by atoms with Crippen molar-refractivity contribution in [2.24, 2.45) is 0 Å². The third-order valence-corrected chi connectivity index (χ3v) is 3.36. The van der Waals surface area contributed by atoms with E-state index in [-0.39, 0.29) is 5.95 Å². The first-order valence-electron chi connectivity index (χ1n) is 6.84. The minimum absolute atomic E-state index is 0.257. The van der Waals surface area contributed by atoms with Crippen LogP contribution in [-0.4, -0.2) is 9.97 Å². The average Bonchev–Trinajstić information content (AvgIpc) is 2.53. The van der Waals surface area contributed by atoms with E-state index in [4.69, 9.17) is 17.3 Å². The molecule has 22 heavy (non-hydrogen) atoms. The number of hydrogen-bond acceptors (Lipinski definition) is 3.